The van der Waals surface area contributed by atoms with Crippen molar-refractivity contribution in [1.29, 1.82) is 0 Å². The van der Waals surface area contributed by atoms with Gasteiger partial charge in [0.1, 0.15) is 11.4 Å². The monoisotopic (exact) mass is 292 g/mol. The quantitative estimate of drug-likeness (QED) is 0.681. The fourth-order valence-electron chi connectivity index (χ4n) is 1.69. The van der Waals surface area contributed by atoms with Crippen LogP contribution in [-0.4, -0.2) is 24.9 Å². The van der Waals surface area contributed by atoms with Crippen molar-refractivity contribution in [3.63, 3.8) is 0 Å². The lowest BCUT2D eigenvalue weighted by molar-refractivity contribution is 0.0635. The van der Waals surface area contributed by atoms with Gasteiger partial charge in [-0.1, -0.05) is 0 Å². The van der Waals surface area contributed by atoms with Crippen LogP contribution in [0.4, 0.5) is 10.5 Å². The lowest BCUT2D eigenvalue weighted by atomic mass is 10.1. The van der Waals surface area contributed by atoms with Crippen LogP contribution in [0.2, 0.25) is 0 Å². The number of amides is 1. The van der Waals surface area contributed by atoms with E-state index in [1.807, 2.05) is 0 Å². The summed E-state index contributed by atoms with van der Waals surface area (Å²) in [5.74, 6) is 0.604. The van der Waals surface area contributed by atoms with Gasteiger partial charge in [0.05, 0.1) is 13.2 Å². The molecule has 0 heterocycles. The van der Waals surface area contributed by atoms with E-state index >= 15 is 0 Å². The highest BCUT2D eigenvalue weighted by Gasteiger charge is 2.19. The molecule has 0 saturated heterocycles. The number of hydrogen-bond donors (Lipinski definition) is 1. The minimum atomic E-state index is -0.594. The number of methoxy groups -OCH3 is 1. The van der Waals surface area contributed by atoms with Gasteiger partial charge in [-0.3, -0.25) is 5.32 Å². The largest absolute Gasteiger partial charge is 0.497 e. The smallest absolute Gasteiger partial charge is 0.412 e. The van der Waals surface area contributed by atoms with Crippen molar-refractivity contribution in [3.05, 3.63) is 23.8 Å². The van der Waals surface area contributed by atoms with Crippen molar-refractivity contribution in [2.24, 2.45) is 4.99 Å². The van der Waals surface area contributed by atoms with Gasteiger partial charge >= 0.3 is 6.09 Å². The molecule has 6 nitrogen and oxygen atoms in total. The maximum Gasteiger partial charge on any atom is 0.412 e. The van der Waals surface area contributed by atoms with Gasteiger partial charge in [-0.25, -0.2) is 9.59 Å². The maximum atomic E-state index is 11.8. The third-order valence-electron chi connectivity index (χ3n) is 2.59. The van der Waals surface area contributed by atoms with Gasteiger partial charge in [-0.05, 0) is 45.9 Å². The van der Waals surface area contributed by atoms with E-state index < -0.39 is 17.7 Å². The molecule has 21 heavy (non-hydrogen) atoms. The number of anilines is 1. The van der Waals surface area contributed by atoms with Gasteiger partial charge in [0.25, 0.3) is 0 Å². The van der Waals surface area contributed by atoms with Crippen molar-refractivity contribution in [1.82, 2.24) is 0 Å². The molecule has 0 saturated carbocycles. The maximum absolute atomic E-state index is 11.8. The molecule has 0 aromatic heterocycles. The van der Waals surface area contributed by atoms with Crippen molar-refractivity contribution in [2.75, 3.05) is 12.4 Å². The van der Waals surface area contributed by atoms with Gasteiger partial charge in [-0.15, -0.1) is 0 Å². The second kappa shape index (κ2) is 6.90. The fraction of sp³-hybridized carbons (Fsp3) is 0.467. The summed E-state index contributed by atoms with van der Waals surface area (Å²) >= 11 is 0. The summed E-state index contributed by atoms with van der Waals surface area (Å²) in [6, 6.07) is 4.63. The van der Waals surface area contributed by atoms with Crippen LogP contribution in [0.5, 0.6) is 5.75 Å². The Balaban J connectivity index is 3.05. The zero-order valence-electron chi connectivity index (χ0n) is 12.9. The molecule has 0 bridgehead atoms. The summed E-state index contributed by atoms with van der Waals surface area (Å²) in [6.45, 7) is 7.06. The molecular formula is C15H20N2O4. The standard InChI is InChI=1S/C15H20N2O4/c1-10(16-9-18)12-8-11(20-5)6-7-13(12)17-14(19)21-15(2,3)4/h6-8,10H,1-5H3,(H,17,19). The molecule has 0 spiro atoms. The van der Waals surface area contributed by atoms with Gasteiger partial charge in [0, 0.05) is 11.3 Å². The molecule has 1 amide bonds. The van der Waals surface area contributed by atoms with E-state index in [2.05, 4.69) is 10.3 Å². The van der Waals surface area contributed by atoms with E-state index in [-0.39, 0.29) is 0 Å². The first-order valence-electron chi connectivity index (χ1n) is 6.51. The van der Waals surface area contributed by atoms with Crippen molar-refractivity contribution < 1.29 is 19.1 Å². The van der Waals surface area contributed by atoms with Crippen LogP contribution < -0.4 is 10.1 Å². The van der Waals surface area contributed by atoms with Crippen LogP contribution in [0.25, 0.3) is 0 Å². The second-order valence-electron chi connectivity index (χ2n) is 5.48. The first kappa shape index (κ1) is 16.7. The highest BCUT2D eigenvalue weighted by atomic mass is 16.6. The molecule has 0 fully saturated rings. The fourth-order valence-corrected chi connectivity index (χ4v) is 1.69. The average molecular weight is 292 g/mol. The average Bonchev–Trinajstić information content (AvgIpc) is 2.37. The Hall–Kier alpha value is -2.33. The topological polar surface area (TPSA) is 77.0 Å². The molecule has 1 atom stereocenters. The third-order valence-corrected chi connectivity index (χ3v) is 2.59. The van der Waals surface area contributed by atoms with Gasteiger partial charge in [0.15, 0.2) is 0 Å². The molecule has 1 aromatic rings. The first-order chi connectivity index (χ1) is 9.76. The number of aliphatic imine (C=N–C) groups is 1. The normalized spacial score (nSPS) is 12.0. The molecule has 0 radical (unpaired) electrons. The molecule has 1 unspecified atom stereocenters. The van der Waals surface area contributed by atoms with E-state index in [4.69, 9.17) is 9.47 Å². The molecule has 0 aliphatic rings. The zero-order valence-corrected chi connectivity index (χ0v) is 12.9. The molecule has 1 aromatic carbocycles. The number of ether oxygens (including phenoxy) is 2. The second-order valence-corrected chi connectivity index (χ2v) is 5.48. The Labute approximate surface area is 124 Å². The Morgan fingerprint density at radius 1 is 1.38 bits per heavy atom. The van der Waals surface area contributed by atoms with Crippen LogP contribution in [0.3, 0.4) is 0 Å². The Bertz CT molecular complexity index is 557. The van der Waals surface area contributed by atoms with Crippen LogP contribution >= 0.6 is 0 Å². The lowest BCUT2D eigenvalue weighted by Gasteiger charge is -2.21. The van der Waals surface area contributed by atoms with Crippen molar-refractivity contribution in [2.45, 2.75) is 39.3 Å². The van der Waals surface area contributed by atoms with Gasteiger partial charge < -0.3 is 9.47 Å². The van der Waals surface area contributed by atoms with Crippen LogP contribution in [-0.2, 0) is 9.53 Å². The summed E-state index contributed by atoms with van der Waals surface area (Å²) in [6.07, 6.45) is 0.939. The minimum absolute atomic E-state index is 0.456. The first-order valence-corrected chi connectivity index (χ1v) is 6.51. The number of benzene rings is 1. The zero-order chi connectivity index (χ0) is 16.0. The van der Waals surface area contributed by atoms with Crippen LogP contribution in [0.1, 0.15) is 39.3 Å². The minimum Gasteiger partial charge on any atom is -0.497 e. The summed E-state index contributed by atoms with van der Waals surface area (Å²) < 4.78 is 10.3. The molecule has 0 aliphatic heterocycles. The van der Waals surface area contributed by atoms with Crippen LogP contribution in [0.15, 0.2) is 23.2 Å². The molecule has 6 heteroatoms. The molecular weight excluding hydrogens is 272 g/mol. The third kappa shape index (κ3) is 5.28. The number of hydrogen-bond acceptors (Lipinski definition) is 5. The molecule has 114 valence electrons. The Morgan fingerprint density at radius 2 is 2.05 bits per heavy atom. The van der Waals surface area contributed by atoms with Gasteiger partial charge in [-0.2, -0.15) is 4.99 Å². The number of carbonyl (C=O) groups is 1. The predicted octanol–water partition coefficient (Wildman–Crippen LogP) is 3.44. The number of rotatable bonds is 4. The summed E-state index contributed by atoms with van der Waals surface area (Å²) in [5, 5.41) is 2.65. The van der Waals surface area contributed by atoms with E-state index in [0.717, 1.165) is 0 Å². The highest BCUT2D eigenvalue weighted by molar-refractivity contribution is 5.86. The van der Waals surface area contributed by atoms with E-state index in [1.165, 1.54) is 13.2 Å². The number of nitrogens with one attached hydrogen (secondary N) is 1. The summed E-state index contributed by atoms with van der Waals surface area (Å²) in [7, 11) is 1.54. The number of nitrogens with zero attached hydrogens (tertiary/aromatic N) is 1. The van der Waals surface area contributed by atoms with Gasteiger partial charge in [0.2, 0.25) is 6.08 Å². The van der Waals surface area contributed by atoms with E-state index in [9.17, 15) is 9.59 Å². The molecule has 0 aliphatic carbocycles. The van der Waals surface area contributed by atoms with E-state index in [0.29, 0.717) is 17.0 Å². The SMILES string of the molecule is COc1ccc(NC(=O)OC(C)(C)C)c(C(C)N=C=O)c1. The summed E-state index contributed by atoms with van der Waals surface area (Å²) in [4.78, 5) is 25.9. The van der Waals surface area contributed by atoms with Crippen LogP contribution in [0, 0.1) is 0 Å². The number of isocyanates is 1. The Kier molecular flexibility index (Phi) is 5.50. The van der Waals surface area contributed by atoms with Crippen molar-refractivity contribution >= 4 is 17.9 Å². The highest BCUT2D eigenvalue weighted by Crippen LogP contribution is 2.29. The predicted molar refractivity (Wildman–Crippen MR) is 79.4 cm³/mol. The number of carbonyl (C=O) groups excluding carboxylic acids is 2. The molecule has 1 rings (SSSR count). The van der Waals surface area contributed by atoms with E-state index in [1.54, 1.807) is 45.9 Å². The summed E-state index contributed by atoms with van der Waals surface area (Å²) in [5.41, 5.74) is 0.559. The lowest BCUT2D eigenvalue weighted by Crippen LogP contribution is -2.27. The van der Waals surface area contributed by atoms with Crippen molar-refractivity contribution in [3.8, 4) is 5.75 Å². The molecule has 1 N–H and O–H groups in total. The Morgan fingerprint density at radius 3 is 2.57 bits per heavy atom.